The largest absolute Gasteiger partial charge is 0.326 e. The van der Waals surface area contributed by atoms with Crippen LogP contribution in [0.15, 0.2) is 46.9 Å². The highest BCUT2D eigenvalue weighted by Gasteiger charge is 2.35. The molecule has 1 atom stereocenters. The van der Waals surface area contributed by atoms with Gasteiger partial charge in [-0.25, -0.2) is 0 Å². The van der Waals surface area contributed by atoms with E-state index in [2.05, 4.69) is 26.6 Å². The number of carbonyl (C=O) groups excluding carboxylic acids is 3. The number of anilines is 3. The Hall–Kier alpha value is -2.67. The second-order valence-corrected chi connectivity index (χ2v) is 7.41. The molecule has 0 saturated carbocycles. The number of hydrogen-bond donors (Lipinski definition) is 2. The molecule has 0 radical (unpaired) electrons. The number of benzene rings is 2. The van der Waals surface area contributed by atoms with Crippen molar-refractivity contribution in [3.8, 4) is 0 Å². The van der Waals surface area contributed by atoms with Gasteiger partial charge in [0, 0.05) is 35.7 Å². The van der Waals surface area contributed by atoms with Crippen molar-refractivity contribution in [3.05, 3.63) is 52.5 Å². The minimum absolute atomic E-state index is 0.0780. The summed E-state index contributed by atoms with van der Waals surface area (Å²) in [7, 11) is 0. The maximum atomic E-state index is 12.7. The Labute approximate surface area is 166 Å². The van der Waals surface area contributed by atoms with E-state index in [1.54, 1.807) is 17.0 Å². The van der Waals surface area contributed by atoms with Crippen molar-refractivity contribution >= 4 is 50.7 Å². The number of carbonyl (C=O) groups is 3. The van der Waals surface area contributed by atoms with Gasteiger partial charge in [-0.15, -0.1) is 0 Å². The van der Waals surface area contributed by atoms with Gasteiger partial charge in [0.05, 0.1) is 11.6 Å². The first-order valence-electron chi connectivity index (χ1n) is 8.59. The summed E-state index contributed by atoms with van der Waals surface area (Å²) < 4.78 is 0.818. The van der Waals surface area contributed by atoms with Crippen LogP contribution in [0.1, 0.15) is 18.9 Å². The molecular weight excluding hydrogens is 410 g/mol. The van der Waals surface area contributed by atoms with Crippen LogP contribution < -0.4 is 15.5 Å². The lowest BCUT2D eigenvalue weighted by Gasteiger charge is -2.18. The Morgan fingerprint density at radius 3 is 2.59 bits per heavy atom. The maximum absolute atomic E-state index is 12.7. The Morgan fingerprint density at radius 1 is 1.15 bits per heavy atom. The fourth-order valence-electron chi connectivity index (χ4n) is 3.06. The van der Waals surface area contributed by atoms with Gasteiger partial charge in [-0.3, -0.25) is 14.4 Å². The molecule has 3 rings (SSSR count). The van der Waals surface area contributed by atoms with Crippen molar-refractivity contribution in [3.63, 3.8) is 0 Å². The average Bonchev–Trinajstić information content (AvgIpc) is 2.99. The first-order valence-corrected chi connectivity index (χ1v) is 9.38. The number of rotatable bonds is 4. The Balaban J connectivity index is 1.73. The minimum Gasteiger partial charge on any atom is -0.326 e. The van der Waals surface area contributed by atoms with Crippen LogP contribution in [0.25, 0.3) is 0 Å². The van der Waals surface area contributed by atoms with Crippen molar-refractivity contribution in [1.29, 1.82) is 0 Å². The lowest BCUT2D eigenvalue weighted by Crippen LogP contribution is -2.28. The van der Waals surface area contributed by atoms with E-state index in [0.29, 0.717) is 17.9 Å². The number of nitrogens with one attached hydrogen (secondary N) is 2. The number of aryl methyl sites for hydroxylation is 1. The summed E-state index contributed by atoms with van der Waals surface area (Å²) in [6.45, 7) is 3.64. The molecule has 2 aromatic rings. The molecule has 140 valence electrons. The second kappa shape index (κ2) is 7.92. The van der Waals surface area contributed by atoms with Gasteiger partial charge in [0.2, 0.25) is 17.7 Å². The number of hydrogen-bond acceptors (Lipinski definition) is 3. The van der Waals surface area contributed by atoms with Crippen LogP contribution >= 0.6 is 15.9 Å². The molecule has 1 heterocycles. The van der Waals surface area contributed by atoms with Crippen LogP contribution in [0.5, 0.6) is 0 Å². The smallest absolute Gasteiger partial charge is 0.229 e. The van der Waals surface area contributed by atoms with Crippen molar-refractivity contribution in [2.24, 2.45) is 5.92 Å². The summed E-state index contributed by atoms with van der Waals surface area (Å²) in [6, 6.07) is 12.8. The zero-order valence-electron chi connectivity index (χ0n) is 15.1. The summed E-state index contributed by atoms with van der Waals surface area (Å²) in [5.41, 5.74) is 2.88. The van der Waals surface area contributed by atoms with Gasteiger partial charge >= 0.3 is 0 Å². The van der Waals surface area contributed by atoms with E-state index >= 15 is 0 Å². The number of para-hydroxylation sites is 1. The van der Waals surface area contributed by atoms with Gasteiger partial charge in [0.1, 0.15) is 0 Å². The number of amides is 3. The highest BCUT2D eigenvalue weighted by molar-refractivity contribution is 9.10. The van der Waals surface area contributed by atoms with Crippen molar-refractivity contribution in [1.82, 2.24) is 0 Å². The molecule has 0 spiro atoms. The highest BCUT2D eigenvalue weighted by Crippen LogP contribution is 2.32. The van der Waals surface area contributed by atoms with E-state index in [1.807, 2.05) is 37.3 Å². The number of nitrogens with zero attached hydrogens (tertiary/aromatic N) is 1. The van der Waals surface area contributed by atoms with Gasteiger partial charge in [0.15, 0.2) is 0 Å². The molecule has 1 aliphatic rings. The molecule has 2 aromatic carbocycles. The van der Waals surface area contributed by atoms with E-state index in [1.165, 1.54) is 6.92 Å². The first kappa shape index (κ1) is 19.1. The van der Waals surface area contributed by atoms with E-state index in [0.717, 1.165) is 15.7 Å². The third kappa shape index (κ3) is 4.36. The molecule has 27 heavy (non-hydrogen) atoms. The Kier molecular flexibility index (Phi) is 5.60. The standard InChI is InChI=1S/C20H20BrN3O3/c1-12-7-8-15(22-13(2)25)10-17(12)23-20(27)14-9-19(26)24(11-14)18-6-4-3-5-16(18)21/h3-8,10,14H,9,11H2,1-2H3,(H,22,25)(H,23,27). The van der Waals surface area contributed by atoms with Crippen molar-refractivity contribution < 1.29 is 14.4 Å². The van der Waals surface area contributed by atoms with Gasteiger partial charge in [0.25, 0.3) is 0 Å². The van der Waals surface area contributed by atoms with Gasteiger partial charge < -0.3 is 15.5 Å². The van der Waals surface area contributed by atoms with Gasteiger partial charge in [-0.2, -0.15) is 0 Å². The van der Waals surface area contributed by atoms with Crippen LogP contribution in [0.2, 0.25) is 0 Å². The van der Waals surface area contributed by atoms with Crippen LogP contribution in [0.3, 0.4) is 0 Å². The van der Waals surface area contributed by atoms with Crippen LogP contribution in [0.4, 0.5) is 17.1 Å². The van der Waals surface area contributed by atoms with Gasteiger partial charge in [-0.05, 0) is 52.7 Å². The SMILES string of the molecule is CC(=O)Nc1ccc(C)c(NC(=O)C2CC(=O)N(c3ccccc3Br)C2)c1. The lowest BCUT2D eigenvalue weighted by molar-refractivity contribution is -0.122. The molecule has 7 heteroatoms. The predicted octanol–water partition coefficient (Wildman–Crippen LogP) is 3.71. The molecule has 3 amide bonds. The monoisotopic (exact) mass is 429 g/mol. The van der Waals surface area contributed by atoms with Crippen LogP contribution in [-0.2, 0) is 14.4 Å². The summed E-state index contributed by atoms with van der Waals surface area (Å²) in [5.74, 6) is -0.901. The van der Waals surface area contributed by atoms with E-state index in [4.69, 9.17) is 0 Å². The van der Waals surface area contributed by atoms with Crippen molar-refractivity contribution in [2.45, 2.75) is 20.3 Å². The van der Waals surface area contributed by atoms with E-state index < -0.39 is 5.92 Å². The molecule has 1 fully saturated rings. The summed E-state index contributed by atoms with van der Waals surface area (Å²) in [4.78, 5) is 38.0. The third-order valence-corrected chi connectivity index (χ3v) is 5.13. The van der Waals surface area contributed by atoms with Crippen LogP contribution in [-0.4, -0.2) is 24.3 Å². The van der Waals surface area contributed by atoms with E-state index in [-0.39, 0.29) is 24.1 Å². The summed E-state index contributed by atoms with van der Waals surface area (Å²) in [6.07, 6.45) is 0.164. The first-order chi connectivity index (χ1) is 12.8. The number of halogens is 1. The highest BCUT2D eigenvalue weighted by atomic mass is 79.9. The maximum Gasteiger partial charge on any atom is 0.229 e. The second-order valence-electron chi connectivity index (χ2n) is 6.56. The van der Waals surface area contributed by atoms with Crippen molar-refractivity contribution in [2.75, 3.05) is 22.1 Å². The minimum atomic E-state index is -0.437. The Morgan fingerprint density at radius 2 is 1.89 bits per heavy atom. The average molecular weight is 430 g/mol. The molecule has 0 bridgehead atoms. The zero-order chi connectivity index (χ0) is 19.6. The molecule has 0 aromatic heterocycles. The summed E-state index contributed by atoms with van der Waals surface area (Å²) in [5, 5.41) is 5.59. The van der Waals surface area contributed by atoms with Crippen LogP contribution in [0, 0.1) is 12.8 Å². The lowest BCUT2D eigenvalue weighted by atomic mass is 10.1. The summed E-state index contributed by atoms with van der Waals surface area (Å²) >= 11 is 3.45. The third-order valence-electron chi connectivity index (χ3n) is 4.45. The topological polar surface area (TPSA) is 78.5 Å². The molecule has 1 saturated heterocycles. The molecular formula is C20H20BrN3O3. The quantitative estimate of drug-likeness (QED) is 0.777. The fraction of sp³-hybridized carbons (Fsp3) is 0.250. The molecule has 6 nitrogen and oxygen atoms in total. The Bertz CT molecular complexity index is 913. The normalized spacial score (nSPS) is 16.3. The van der Waals surface area contributed by atoms with E-state index in [9.17, 15) is 14.4 Å². The molecule has 1 aliphatic heterocycles. The molecule has 0 aliphatic carbocycles. The predicted molar refractivity (Wildman–Crippen MR) is 109 cm³/mol. The molecule has 1 unspecified atom stereocenters. The molecule has 2 N–H and O–H groups in total. The zero-order valence-corrected chi connectivity index (χ0v) is 16.7. The van der Waals surface area contributed by atoms with Gasteiger partial charge in [-0.1, -0.05) is 18.2 Å². The fourth-order valence-corrected chi connectivity index (χ4v) is 3.56.